The zero-order valence-corrected chi connectivity index (χ0v) is 11.5. The Morgan fingerprint density at radius 3 is 2.72 bits per heavy atom. The van der Waals surface area contributed by atoms with E-state index in [0.717, 1.165) is 6.42 Å². The molecule has 0 aliphatic heterocycles. The van der Waals surface area contributed by atoms with E-state index in [0.29, 0.717) is 24.1 Å². The Kier molecular flexibility index (Phi) is 3.13. The van der Waals surface area contributed by atoms with E-state index in [1.165, 1.54) is 0 Å². The molecule has 1 atom stereocenters. The monoisotopic (exact) mass is 248 g/mol. The van der Waals surface area contributed by atoms with Gasteiger partial charge in [-0.2, -0.15) is 5.10 Å². The normalized spacial score (nSPS) is 23.1. The largest absolute Gasteiger partial charge is 0.299 e. The van der Waals surface area contributed by atoms with Crippen molar-refractivity contribution in [3.05, 3.63) is 17.5 Å². The topological polar surface area (TPSA) is 52.0 Å². The molecule has 0 N–H and O–H groups in total. The van der Waals surface area contributed by atoms with Crippen molar-refractivity contribution in [2.75, 3.05) is 0 Å². The summed E-state index contributed by atoms with van der Waals surface area (Å²) in [7, 11) is 1.79. The summed E-state index contributed by atoms with van der Waals surface area (Å²) in [4.78, 5) is 24.4. The SMILES string of the molecule is Cc1nn(C)cc1C(=O)C1CC(C)(C)CCC1=O. The van der Waals surface area contributed by atoms with Crippen molar-refractivity contribution in [3.8, 4) is 0 Å². The van der Waals surface area contributed by atoms with E-state index in [1.807, 2.05) is 6.92 Å². The van der Waals surface area contributed by atoms with Gasteiger partial charge < -0.3 is 0 Å². The molecule has 0 bridgehead atoms. The minimum Gasteiger partial charge on any atom is -0.299 e. The van der Waals surface area contributed by atoms with Gasteiger partial charge in [0.2, 0.25) is 0 Å². The van der Waals surface area contributed by atoms with Gasteiger partial charge in [0.15, 0.2) is 5.78 Å². The van der Waals surface area contributed by atoms with Crippen LogP contribution in [-0.2, 0) is 11.8 Å². The lowest BCUT2D eigenvalue weighted by Gasteiger charge is -2.33. The van der Waals surface area contributed by atoms with Gasteiger partial charge in [0.05, 0.1) is 17.2 Å². The second kappa shape index (κ2) is 4.34. The standard InChI is InChI=1S/C14H20N2O2/c1-9-11(8-16(4)15-9)13(18)10-7-14(2,3)6-5-12(10)17/h8,10H,5-7H2,1-4H3. The van der Waals surface area contributed by atoms with Gasteiger partial charge in [0.25, 0.3) is 0 Å². The highest BCUT2D eigenvalue weighted by molar-refractivity contribution is 6.11. The van der Waals surface area contributed by atoms with Crippen LogP contribution >= 0.6 is 0 Å². The fourth-order valence-corrected chi connectivity index (χ4v) is 2.67. The van der Waals surface area contributed by atoms with Gasteiger partial charge in [0, 0.05) is 19.7 Å². The number of carbonyl (C=O) groups is 2. The summed E-state index contributed by atoms with van der Waals surface area (Å²) in [5, 5.41) is 4.17. The average Bonchev–Trinajstić information content (AvgIpc) is 2.60. The maximum Gasteiger partial charge on any atom is 0.176 e. The summed E-state index contributed by atoms with van der Waals surface area (Å²) >= 11 is 0. The first-order valence-electron chi connectivity index (χ1n) is 6.37. The van der Waals surface area contributed by atoms with E-state index >= 15 is 0 Å². The second-order valence-corrected chi connectivity index (χ2v) is 6.05. The summed E-state index contributed by atoms with van der Waals surface area (Å²) in [6, 6.07) is 0. The molecule has 1 aromatic rings. The molecule has 0 radical (unpaired) electrons. The zero-order chi connectivity index (χ0) is 13.5. The van der Waals surface area contributed by atoms with Crippen molar-refractivity contribution in [2.24, 2.45) is 18.4 Å². The van der Waals surface area contributed by atoms with E-state index in [-0.39, 0.29) is 17.0 Å². The maximum absolute atomic E-state index is 12.5. The van der Waals surface area contributed by atoms with Crippen molar-refractivity contribution >= 4 is 11.6 Å². The average molecular weight is 248 g/mol. The third kappa shape index (κ3) is 2.37. The molecule has 0 amide bonds. The molecular weight excluding hydrogens is 228 g/mol. The van der Waals surface area contributed by atoms with Crippen molar-refractivity contribution in [1.29, 1.82) is 0 Å². The number of rotatable bonds is 2. The van der Waals surface area contributed by atoms with Gasteiger partial charge in [-0.15, -0.1) is 0 Å². The van der Waals surface area contributed by atoms with Crippen LogP contribution in [0.15, 0.2) is 6.20 Å². The summed E-state index contributed by atoms with van der Waals surface area (Å²) in [6.07, 6.45) is 3.76. The van der Waals surface area contributed by atoms with Crippen LogP contribution in [0.5, 0.6) is 0 Å². The van der Waals surface area contributed by atoms with Crippen LogP contribution in [0.2, 0.25) is 0 Å². The molecule has 1 unspecified atom stereocenters. The molecule has 4 nitrogen and oxygen atoms in total. The smallest absolute Gasteiger partial charge is 0.176 e. The molecule has 0 aromatic carbocycles. The molecule has 1 fully saturated rings. The number of Topliss-reactive ketones (excluding diaryl/α,β-unsaturated/α-hetero) is 2. The summed E-state index contributed by atoms with van der Waals surface area (Å²) in [5.74, 6) is -0.447. The van der Waals surface area contributed by atoms with Gasteiger partial charge in [-0.3, -0.25) is 14.3 Å². The van der Waals surface area contributed by atoms with Gasteiger partial charge in [0.1, 0.15) is 5.78 Å². The van der Waals surface area contributed by atoms with Gasteiger partial charge in [-0.1, -0.05) is 13.8 Å². The van der Waals surface area contributed by atoms with Crippen molar-refractivity contribution < 1.29 is 9.59 Å². The predicted molar refractivity (Wildman–Crippen MR) is 68.4 cm³/mol. The Morgan fingerprint density at radius 2 is 2.17 bits per heavy atom. The number of carbonyl (C=O) groups excluding carboxylic acids is 2. The molecule has 1 aliphatic carbocycles. The number of aryl methyl sites for hydroxylation is 2. The Hall–Kier alpha value is -1.45. The number of hydrogen-bond donors (Lipinski definition) is 0. The van der Waals surface area contributed by atoms with E-state index in [4.69, 9.17) is 0 Å². The fourth-order valence-electron chi connectivity index (χ4n) is 2.67. The van der Waals surface area contributed by atoms with Crippen molar-refractivity contribution in [3.63, 3.8) is 0 Å². The van der Waals surface area contributed by atoms with Crippen LogP contribution in [0.25, 0.3) is 0 Å². The molecular formula is C14H20N2O2. The van der Waals surface area contributed by atoms with E-state index in [9.17, 15) is 9.59 Å². The summed E-state index contributed by atoms with van der Waals surface area (Å²) in [6.45, 7) is 6.05. The minimum absolute atomic E-state index is 0.0571. The highest BCUT2D eigenvalue weighted by Gasteiger charge is 2.38. The number of ketones is 2. The lowest BCUT2D eigenvalue weighted by molar-refractivity contribution is -0.125. The Bertz CT molecular complexity index is 500. The number of aromatic nitrogens is 2. The quantitative estimate of drug-likeness (QED) is 0.596. The molecule has 1 aliphatic rings. The van der Waals surface area contributed by atoms with Crippen LogP contribution < -0.4 is 0 Å². The molecule has 4 heteroatoms. The van der Waals surface area contributed by atoms with Gasteiger partial charge in [-0.05, 0) is 25.2 Å². The third-order valence-corrected chi connectivity index (χ3v) is 3.79. The zero-order valence-electron chi connectivity index (χ0n) is 11.5. The second-order valence-electron chi connectivity index (χ2n) is 6.05. The first-order valence-corrected chi connectivity index (χ1v) is 6.37. The Balaban J connectivity index is 2.27. The van der Waals surface area contributed by atoms with Crippen molar-refractivity contribution in [1.82, 2.24) is 9.78 Å². The summed E-state index contributed by atoms with van der Waals surface area (Å²) < 4.78 is 1.63. The minimum atomic E-state index is -0.475. The fraction of sp³-hybridized carbons (Fsp3) is 0.643. The molecule has 2 rings (SSSR count). The molecule has 1 aromatic heterocycles. The lowest BCUT2D eigenvalue weighted by Crippen LogP contribution is -2.35. The van der Waals surface area contributed by atoms with Crippen LogP contribution in [-0.4, -0.2) is 21.3 Å². The number of hydrogen-bond acceptors (Lipinski definition) is 3. The molecule has 0 saturated heterocycles. The highest BCUT2D eigenvalue weighted by atomic mass is 16.2. The van der Waals surface area contributed by atoms with Crippen LogP contribution in [0, 0.1) is 18.3 Å². The molecule has 0 spiro atoms. The van der Waals surface area contributed by atoms with Gasteiger partial charge >= 0.3 is 0 Å². The molecule has 1 saturated carbocycles. The Labute approximate surface area is 107 Å². The lowest BCUT2D eigenvalue weighted by atomic mass is 9.69. The van der Waals surface area contributed by atoms with E-state index < -0.39 is 5.92 Å². The predicted octanol–water partition coefficient (Wildman–Crippen LogP) is 2.31. The van der Waals surface area contributed by atoms with E-state index in [2.05, 4.69) is 18.9 Å². The van der Waals surface area contributed by atoms with E-state index in [1.54, 1.807) is 17.9 Å². The first kappa shape index (κ1) is 13.0. The van der Waals surface area contributed by atoms with Crippen LogP contribution in [0.4, 0.5) is 0 Å². The molecule has 18 heavy (non-hydrogen) atoms. The first-order chi connectivity index (χ1) is 8.30. The maximum atomic E-state index is 12.5. The number of nitrogens with zero attached hydrogens (tertiary/aromatic N) is 2. The summed E-state index contributed by atoms with van der Waals surface area (Å²) in [5.41, 5.74) is 1.37. The van der Waals surface area contributed by atoms with Crippen molar-refractivity contribution in [2.45, 2.75) is 40.0 Å². The third-order valence-electron chi connectivity index (χ3n) is 3.79. The van der Waals surface area contributed by atoms with Crippen LogP contribution in [0.1, 0.15) is 49.2 Å². The molecule has 1 heterocycles. The Morgan fingerprint density at radius 1 is 1.50 bits per heavy atom. The highest BCUT2D eigenvalue weighted by Crippen LogP contribution is 2.38. The van der Waals surface area contributed by atoms with Gasteiger partial charge in [-0.25, -0.2) is 0 Å². The molecule has 98 valence electrons. The van der Waals surface area contributed by atoms with Crippen LogP contribution in [0.3, 0.4) is 0 Å².